The molecule has 0 radical (unpaired) electrons. The highest BCUT2D eigenvalue weighted by Gasteiger charge is 2.41. The second-order valence-electron chi connectivity index (χ2n) is 6.06. The quantitative estimate of drug-likeness (QED) is 0.918. The lowest BCUT2D eigenvalue weighted by molar-refractivity contribution is -0.107. The Morgan fingerprint density at radius 3 is 2.90 bits per heavy atom. The fourth-order valence-corrected chi connectivity index (χ4v) is 4.99. The van der Waals surface area contributed by atoms with Crippen molar-refractivity contribution in [1.82, 2.24) is 10.3 Å². The zero-order valence-electron chi connectivity index (χ0n) is 12.5. The van der Waals surface area contributed by atoms with Crippen molar-refractivity contribution in [1.29, 1.82) is 0 Å². The molecule has 2 fully saturated rings. The monoisotopic (exact) mass is 326 g/mol. The number of nitrogens with zero attached hydrogens (tertiary/aromatic N) is 1. The van der Waals surface area contributed by atoms with Crippen molar-refractivity contribution >= 4 is 23.4 Å². The number of pyridine rings is 1. The normalized spacial score (nSPS) is 26.7. The van der Waals surface area contributed by atoms with Gasteiger partial charge in [0.2, 0.25) is 0 Å². The summed E-state index contributed by atoms with van der Waals surface area (Å²) >= 11 is 8.01. The highest BCUT2D eigenvalue weighted by atomic mass is 35.5. The van der Waals surface area contributed by atoms with Crippen molar-refractivity contribution in [2.45, 2.75) is 37.3 Å². The number of aromatic nitrogens is 1. The van der Waals surface area contributed by atoms with Crippen LogP contribution in [0.5, 0.6) is 0 Å². The molecule has 2 saturated heterocycles. The van der Waals surface area contributed by atoms with E-state index in [2.05, 4.69) is 22.1 Å². The number of halogens is 1. The van der Waals surface area contributed by atoms with Crippen LogP contribution in [0.4, 0.5) is 0 Å². The summed E-state index contributed by atoms with van der Waals surface area (Å²) in [6.07, 6.45) is 6.37. The third kappa shape index (κ3) is 3.55. The average molecular weight is 327 g/mol. The van der Waals surface area contributed by atoms with E-state index in [4.69, 9.17) is 16.3 Å². The van der Waals surface area contributed by atoms with Crippen LogP contribution in [0, 0.1) is 5.92 Å². The second kappa shape index (κ2) is 6.86. The largest absolute Gasteiger partial charge is 0.375 e. The molecule has 116 valence electrons. The molecule has 0 aliphatic carbocycles. The summed E-state index contributed by atoms with van der Waals surface area (Å²) in [6, 6.07) is 4.26. The van der Waals surface area contributed by atoms with Crippen molar-refractivity contribution < 1.29 is 4.74 Å². The molecule has 3 rings (SSSR count). The molecule has 1 N–H and O–H groups in total. The molecule has 0 saturated carbocycles. The standard InChI is InChI=1S/C16H23ClN2OS/c1-18-15(14-3-2-13(17)11-19-14)12-4-7-20-16(10-12)5-8-21-9-6-16/h2-3,11-12,15,18H,4-10H2,1H3. The van der Waals surface area contributed by atoms with E-state index in [0.717, 1.165) is 25.1 Å². The first-order valence-electron chi connectivity index (χ1n) is 7.73. The molecule has 0 aromatic carbocycles. The van der Waals surface area contributed by atoms with E-state index >= 15 is 0 Å². The predicted molar refractivity (Wildman–Crippen MR) is 89.0 cm³/mol. The van der Waals surface area contributed by atoms with Crippen LogP contribution in [0.1, 0.15) is 37.4 Å². The Bertz CT molecular complexity index is 456. The number of thioether (sulfide) groups is 1. The molecular formula is C16H23ClN2OS. The zero-order chi connectivity index (χ0) is 14.7. The zero-order valence-corrected chi connectivity index (χ0v) is 14.1. The lowest BCUT2D eigenvalue weighted by atomic mass is 9.78. The molecule has 1 aromatic heterocycles. The molecular weight excluding hydrogens is 304 g/mol. The Kier molecular flexibility index (Phi) is 5.10. The van der Waals surface area contributed by atoms with Gasteiger partial charge >= 0.3 is 0 Å². The Balaban J connectivity index is 1.75. The number of nitrogens with one attached hydrogen (secondary N) is 1. The molecule has 3 heterocycles. The number of hydrogen-bond acceptors (Lipinski definition) is 4. The van der Waals surface area contributed by atoms with Crippen molar-refractivity contribution in [3.05, 3.63) is 29.0 Å². The fourth-order valence-electron chi connectivity index (χ4n) is 3.64. The first-order valence-corrected chi connectivity index (χ1v) is 9.26. The molecule has 5 heteroatoms. The van der Waals surface area contributed by atoms with Crippen LogP contribution in [-0.2, 0) is 4.74 Å². The van der Waals surface area contributed by atoms with Gasteiger partial charge in [0.25, 0.3) is 0 Å². The van der Waals surface area contributed by atoms with Crippen molar-refractivity contribution in [3.63, 3.8) is 0 Å². The van der Waals surface area contributed by atoms with E-state index in [1.165, 1.54) is 24.3 Å². The minimum Gasteiger partial charge on any atom is -0.375 e. The third-order valence-corrected chi connectivity index (χ3v) is 6.00. The van der Waals surface area contributed by atoms with E-state index in [9.17, 15) is 0 Å². The maximum Gasteiger partial charge on any atom is 0.0701 e. The Hall–Kier alpha value is -0.290. The van der Waals surface area contributed by atoms with Gasteiger partial charge < -0.3 is 10.1 Å². The van der Waals surface area contributed by atoms with Crippen molar-refractivity contribution in [3.8, 4) is 0 Å². The van der Waals surface area contributed by atoms with Gasteiger partial charge in [0.05, 0.1) is 22.4 Å². The molecule has 21 heavy (non-hydrogen) atoms. The topological polar surface area (TPSA) is 34.2 Å². The van der Waals surface area contributed by atoms with Gasteiger partial charge in [-0.2, -0.15) is 11.8 Å². The highest BCUT2D eigenvalue weighted by molar-refractivity contribution is 7.99. The maximum atomic E-state index is 6.20. The summed E-state index contributed by atoms with van der Waals surface area (Å²) in [5.41, 5.74) is 1.21. The number of rotatable bonds is 3. The van der Waals surface area contributed by atoms with E-state index in [-0.39, 0.29) is 11.6 Å². The van der Waals surface area contributed by atoms with Gasteiger partial charge in [-0.1, -0.05) is 11.6 Å². The molecule has 1 aromatic rings. The summed E-state index contributed by atoms with van der Waals surface area (Å²) in [7, 11) is 2.03. The van der Waals surface area contributed by atoms with E-state index < -0.39 is 0 Å². The third-order valence-electron chi connectivity index (χ3n) is 4.79. The van der Waals surface area contributed by atoms with Gasteiger partial charge in [0, 0.05) is 12.8 Å². The second-order valence-corrected chi connectivity index (χ2v) is 7.73. The van der Waals surface area contributed by atoms with Crippen LogP contribution in [0.2, 0.25) is 5.02 Å². The van der Waals surface area contributed by atoms with Crippen LogP contribution in [0.3, 0.4) is 0 Å². The summed E-state index contributed by atoms with van der Waals surface area (Å²) in [5.74, 6) is 3.05. The fraction of sp³-hybridized carbons (Fsp3) is 0.688. The van der Waals surface area contributed by atoms with Crippen LogP contribution in [-0.4, -0.2) is 35.7 Å². The van der Waals surface area contributed by atoms with Crippen LogP contribution in [0.15, 0.2) is 18.3 Å². The highest BCUT2D eigenvalue weighted by Crippen LogP contribution is 2.43. The van der Waals surface area contributed by atoms with E-state index in [1.54, 1.807) is 6.20 Å². The van der Waals surface area contributed by atoms with Gasteiger partial charge in [-0.05, 0) is 62.3 Å². The lowest BCUT2D eigenvalue weighted by Crippen LogP contribution is -2.45. The van der Waals surface area contributed by atoms with Crippen molar-refractivity contribution in [2.24, 2.45) is 5.92 Å². The average Bonchev–Trinajstić information content (AvgIpc) is 2.51. The summed E-state index contributed by atoms with van der Waals surface area (Å²) in [6.45, 7) is 0.876. The van der Waals surface area contributed by atoms with Gasteiger partial charge in [0.1, 0.15) is 0 Å². The van der Waals surface area contributed by atoms with Crippen LogP contribution in [0.25, 0.3) is 0 Å². The van der Waals surface area contributed by atoms with Crippen molar-refractivity contribution in [2.75, 3.05) is 25.2 Å². The first-order chi connectivity index (χ1) is 10.2. The SMILES string of the molecule is CNC(c1ccc(Cl)cn1)C1CCOC2(CCSCC2)C1. The minimum absolute atomic E-state index is 0.121. The summed E-state index contributed by atoms with van der Waals surface area (Å²) in [4.78, 5) is 4.52. The molecule has 0 bridgehead atoms. The maximum absolute atomic E-state index is 6.20. The van der Waals surface area contributed by atoms with Crippen LogP contribution < -0.4 is 5.32 Å². The Morgan fingerprint density at radius 1 is 1.43 bits per heavy atom. The summed E-state index contributed by atoms with van der Waals surface area (Å²) in [5, 5.41) is 4.16. The summed E-state index contributed by atoms with van der Waals surface area (Å²) < 4.78 is 6.20. The molecule has 2 unspecified atom stereocenters. The number of ether oxygens (including phenoxy) is 1. The molecule has 2 atom stereocenters. The van der Waals surface area contributed by atoms with Gasteiger partial charge in [0.15, 0.2) is 0 Å². The Labute approximate surface area is 136 Å². The minimum atomic E-state index is 0.121. The molecule has 3 nitrogen and oxygen atoms in total. The van der Waals surface area contributed by atoms with E-state index in [1.807, 2.05) is 19.2 Å². The molecule has 1 spiro atoms. The van der Waals surface area contributed by atoms with E-state index in [0.29, 0.717) is 10.9 Å². The van der Waals surface area contributed by atoms with Crippen LogP contribution >= 0.6 is 23.4 Å². The lowest BCUT2D eigenvalue weighted by Gasteiger charge is -2.45. The smallest absolute Gasteiger partial charge is 0.0701 e. The van der Waals surface area contributed by atoms with Gasteiger partial charge in [-0.25, -0.2) is 0 Å². The molecule has 2 aliphatic rings. The molecule has 0 amide bonds. The number of hydrogen-bond donors (Lipinski definition) is 1. The Morgan fingerprint density at radius 2 is 2.24 bits per heavy atom. The van der Waals surface area contributed by atoms with Gasteiger partial charge in [-0.3, -0.25) is 4.98 Å². The first kappa shape index (κ1) is 15.6. The predicted octanol–water partition coefficient (Wildman–Crippen LogP) is 3.69. The molecule has 2 aliphatic heterocycles. The van der Waals surface area contributed by atoms with Gasteiger partial charge in [-0.15, -0.1) is 0 Å².